The first-order valence-electron chi connectivity index (χ1n) is 3.14. The van der Waals surface area contributed by atoms with Gasteiger partial charge in [0.2, 0.25) is 0 Å². The van der Waals surface area contributed by atoms with Crippen LogP contribution < -0.4 is 0 Å². The van der Waals surface area contributed by atoms with Gasteiger partial charge in [-0.2, -0.15) is 0 Å². The molecule has 4 heteroatoms. The van der Waals surface area contributed by atoms with Crippen LogP contribution in [0.1, 0.15) is 0 Å². The zero-order valence-electron chi connectivity index (χ0n) is 5.84. The monoisotopic (exact) mass is 152 g/mol. The number of carboxylic acids is 1. The van der Waals surface area contributed by atoms with Crippen LogP contribution in [0.5, 0.6) is 0 Å². The van der Waals surface area contributed by atoms with Gasteiger partial charge in [0.05, 0.1) is 6.33 Å². The Morgan fingerprint density at radius 1 is 1.73 bits per heavy atom. The second-order valence-corrected chi connectivity index (χ2v) is 2.00. The minimum atomic E-state index is -0.926. The molecule has 1 aromatic rings. The number of nitrogens with zero attached hydrogens (tertiary/aromatic N) is 2. The molecule has 0 unspecified atom stereocenters. The predicted octanol–water partition coefficient (Wildman–Crippen LogP) is 0.524. The SMILES string of the molecule is O=C(O)C=CCn1ccnc1. The molecule has 0 aromatic carbocycles. The van der Waals surface area contributed by atoms with Crippen LogP contribution in [0.25, 0.3) is 0 Å². The van der Waals surface area contributed by atoms with Gasteiger partial charge in [0.1, 0.15) is 0 Å². The first-order chi connectivity index (χ1) is 5.29. The van der Waals surface area contributed by atoms with Crippen molar-refractivity contribution in [1.82, 2.24) is 9.55 Å². The molecule has 0 atom stereocenters. The van der Waals surface area contributed by atoms with E-state index in [1.54, 1.807) is 29.4 Å². The molecule has 0 radical (unpaired) electrons. The summed E-state index contributed by atoms with van der Waals surface area (Å²) in [6, 6.07) is 0. The van der Waals surface area contributed by atoms with E-state index in [9.17, 15) is 4.79 Å². The molecule has 4 nitrogen and oxygen atoms in total. The highest BCUT2D eigenvalue weighted by Gasteiger charge is 1.86. The van der Waals surface area contributed by atoms with E-state index < -0.39 is 5.97 Å². The summed E-state index contributed by atoms with van der Waals surface area (Å²) in [6.45, 7) is 0.548. The Kier molecular flexibility index (Phi) is 2.43. The second-order valence-electron chi connectivity index (χ2n) is 2.00. The Labute approximate surface area is 63.8 Å². The molecule has 0 spiro atoms. The molecule has 0 aliphatic carbocycles. The average Bonchev–Trinajstić information content (AvgIpc) is 2.39. The highest BCUT2D eigenvalue weighted by Crippen LogP contribution is 1.86. The van der Waals surface area contributed by atoms with Gasteiger partial charge >= 0.3 is 5.97 Å². The van der Waals surface area contributed by atoms with Crippen molar-refractivity contribution in [2.45, 2.75) is 6.54 Å². The zero-order valence-corrected chi connectivity index (χ0v) is 5.84. The van der Waals surface area contributed by atoms with Crippen molar-refractivity contribution in [3.63, 3.8) is 0 Å². The lowest BCUT2D eigenvalue weighted by atomic mass is 10.5. The Morgan fingerprint density at radius 2 is 2.55 bits per heavy atom. The van der Waals surface area contributed by atoms with Crippen LogP contribution in [-0.2, 0) is 11.3 Å². The molecule has 1 rings (SSSR count). The molecule has 1 aromatic heterocycles. The van der Waals surface area contributed by atoms with Gasteiger partial charge in [0.25, 0.3) is 0 Å². The molecule has 11 heavy (non-hydrogen) atoms. The maximum absolute atomic E-state index is 10.0. The largest absolute Gasteiger partial charge is 0.478 e. The van der Waals surface area contributed by atoms with Crippen molar-refractivity contribution < 1.29 is 9.90 Å². The van der Waals surface area contributed by atoms with Crippen LogP contribution in [0, 0.1) is 0 Å². The maximum atomic E-state index is 10.0. The van der Waals surface area contributed by atoms with Gasteiger partial charge < -0.3 is 9.67 Å². The van der Waals surface area contributed by atoms with Crippen molar-refractivity contribution >= 4 is 5.97 Å². The number of hydrogen-bond donors (Lipinski definition) is 1. The number of rotatable bonds is 3. The lowest BCUT2D eigenvalue weighted by Crippen LogP contribution is -1.92. The van der Waals surface area contributed by atoms with Crippen LogP contribution >= 0.6 is 0 Å². The molecular formula is C7H8N2O2. The number of imidazole rings is 1. The van der Waals surface area contributed by atoms with Gasteiger partial charge in [-0.1, -0.05) is 6.08 Å². The summed E-state index contributed by atoms with van der Waals surface area (Å²) in [5.41, 5.74) is 0. The Bertz CT molecular complexity index is 251. The predicted molar refractivity (Wildman–Crippen MR) is 39.0 cm³/mol. The topological polar surface area (TPSA) is 55.1 Å². The third kappa shape index (κ3) is 2.66. The summed E-state index contributed by atoms with van der Waals surface area (Å²) in [5.74, 6) is -0.926. The van der Waals surface area contributed by atoms with Crippen LogP contribution in [0.3, 0.4) is 0 Å². The van der Waals surface area contributed by atoms with Crippen molar-refractivity contribution in [3.05, 3.63) is 30.9 Å². The van der Waals surface area contributed by atoms with E-state index in [0.29, 0.717) is 6.54 Å². The molecule has 0 bridgehead atoms. The fourth-order valence-electron chi connectivity index (χ4n) is 0.670. The summed E-state index contributed by atoms with van der Waals surface area (Å²) >= 11 is 0. The van der Waals surface area contributed by atoms with Gasteiger partial charge in [-0.05, 0) is 0 Å². The van der Waals surface area contributed by atoms with Crippen LogP contribution in [0.15, 0.2) is 30.9 Å². The Balaban J connectivity index is 2.40. The second kappa shape index (κ2) is 3.55. The number of allylic oxidation sites excluding steroid dienone is 1. The summed E-state index contributed by atoms with van der Waals surface area (Å²) in [7, 11) is 0. The smallest absolute Gasteiger partial charge is 0.328 e. The van der Waals surface area contributed by atoms with Gasteiger partial charge in [-0.25, -0.2) is 9.78 Å². The van der Waals surface area contributed by atoms with Crippen molar-refractivity contribution in [2.24, 2.45) is 0 Å². The Hall–Kier alpha value is -1.58. The van der Waals surface area contributed by atoms with Crippen LogP contribution in [-0.4, -0.2) is 20.6 Å². The number of aromatic nitrogens is 2. The molecule has 0 saturated heterocycles. The van der Waals surface area contributed by atoms with Crippen molar-refractivity contribution in [1.29, 1.82) is 0 Å². The van der Waals surface area contributed by atoms with E-state index >= 15 is 0 Å². The first-order valence-corrected chi connectivity index (χ1v) is 3.14. The summed E-state index contributed by atoms with van der Waals surface area (Å²) in [5, 5.41) is 8.23. The molecule has 0 aliphatic rings. The number of aliphatic carboxylic acids is 1. The number of carboxylic acid groups (broad SMARTS) is 1. The molecule has 0 fully saturated rings. The zero-order chi connectivity index (χ0) is 8.10. The van der Waals surface area contributed by atoms with E-state index in [-0.39, 0.29) is 0 Å². The lowest BCUT2D eigenvalue weighted by Gasteiger charge is -1.91. The fourth-order valence-corrected chi connectivity index (χ4v) is 0.670. The molecule has 1 heterocycles. The number of hydrogen-bond acceptors (Lipinski definition) is 2. The highest BCUT2D eigenvalue weighted by atomic mass is 16.4. The van der Waals surface area contributed by atoms with Gasteiger partial charge in [0.15, 0.2) is 0 Å². The molecule has 58 valence electrons. The highest BCUT2D eigenvalue weighted by molar-refractivity contribution is 5.79. The average molecular weight is 152 g/mol. The van der Waals surface area contributed by atoms with E-state index in [1.165, 1.54) is 0 Å². The third-order valence-corrected chi connectivity index (χ3v) is 1.14. The van der Waals surface area contributed by atoms with Gasteiger partial charge in [-0.3, -0.25) is 0 Å². The minimum Gasteiger partial charge on any atom is -0.478 e. The summed E-state index contributed by atoms with van der Waals surface area (Å²) in [4.78, 5) is 13.8. The molecule has 0 aliphatic heterocycles. The molecular weight excluding hydrogens is 144 g/mol. The lowest BCUT2D eigenvalue weighted by molar-refractivity contribution is -0.131. The standard InChI is InChI=1S/C7H8N2O2/c10-7(11)2-1-4-9-5-3-8-6-9/h1-3,5-6H,4H2,(H,10,11). The molecule has 0 saturated carbocycles. The number of carbonyl (C=O) groups is 1. The van der Waals surface area contributed by atoms with Crippen LogP contribution in [0.2, 0.25) is 0 Å². The summed E-state index contributed by atoms with van der Waals surface area (Å²) < 4.78 is 1.78. The quantitative estimate of drug-likeness (QED) is 0.642. The maximum Gasteiger partial charge on any atom is 0.328 e. The summed E-state index contributed by atoms with van der Waals surface area (Å²) in [6.07, 6.45) is 7.72. The molecule has 0 amide bonds. The third-order valence-electron chi connectivity index (χ3n) is 1.14. The van der Waals surface area contributed by atoms with Gasteiger partial charge in [-0.15, -0.1) is 0 Å². The minimum absolute atomic E-state index is 0.548. The normalized spacial score (nSPS) is 10.5. The van der Waals surface area contributed by atoms with E-state index in [1.807, 2.05) is 0 Å². The fraction of sp³-hybridized carbons (Fsp3) is 0.143. The Morgan fingerprint density at radius 3 is 3.09 bits per heavy atom. The van der Waals surface area contributed by atoms with E-state index in [0.717, 1.165) is 6.08 Å². The molecule has 1 N–H and O–H groups in total. The van der Waals surface area contributed by atoms with Crippen molar-refractivity contribution in [2.75, 3.05) is 0 Å². The van der Waals surface area contributed by atoms with Gasteiger partial charge in [0, 0.05) is 25.0 Å². The van der Waals surface area contributed by atoms with E-state index in [4.69, 9.17) is 5.11 Å². The van der Waals surface area contributed by atoms with Crippen molar-refractivity contribution in [3.8, 4) is 0 Å². The van der Waals surface area contributed by atoms with Crippen LogP contribution in [0.4, 0.5) is 0 Å². The van der Waals surface area contributed by atoms with E-state index in [2.05, 4.69) is 4.98 Å². The first kappa shape index (κ1) is 7.53.